The summed E-state index contributed by atoms with van der Waals surface area (Å²) >= 11 is 0. The number of nitrogens with zero attached hydrogens (tertiary/aromatic N) is 3. The van der Waals surface area contributed by atoms with Crippen molar-refractivity contribution < 1.29 is 0 Å². The summed E-state index contributed by atoms with van der Waals surface area (Å²) in [6.45, 7) is 5.87. The van der Waals surface area contributed by atoms with Gasteiger partial charge in [0, 0.05) is 18.8 Å². The molecule has 0 unspecified atom stereocenters. The van der Waals surface area contributed by atoms with Gasteiger partial charge in [-0.2, -0.15) is 0 Å². The number of aryl methyl sites for hydroxylation is 2. The minimum Gasteiger partial charge on any atom is -0.393 e. The van der Waals surface area contributed by atoms with Gasteiger partial charge in [-0.3, -0.25) is 0 Å². The van der Waals surface area contributed by atoms with Gasteiger partial charge in [0.15, 0.2) is 11.6 Å². The van der Waals surface area contributed by atoms with Gasteiger partial charge < -0.3 is 16.0 Å². The lowest BCUT2D eigenvalue weighted by atomic mass is 10.00. The highest BCUT2D eigenvalue weighted by atomic mass is 15.2. The second-order valence-corrected chi connectivity index (χ2v) is 6.84. The van der Waals surface area contributed by atoms with Crippen molar-refractivity contribution in [2.24, 2.45) is 0 Å². The summed E-state index contributed by atoms with van der Waals surface area (Å²) < 4.78 is 0. The van der Waals surface area contributed by atoms with Crippen molar-refractivity contribution in [2.75, 3.05) is 22.5 Å². The Labute approximate surface area is 153 Å². The van der Waals surface area contributed by atoms with Gasteiger partial charge in [-0.15, -0.1) is 0 Å². The van der Waals surface area contributed by atoms with E-state index < -0.39 is 0 Å². The van der Waals surface area contributed by atoms with Crippen LogP contribution < -0.4 is 16.0 Å². The number of fused-ring (bicyclic) bond motifs is 1. The molecule has 0 saturated heterocycles. The molecule has 0 atom stereocenters. The molecule has 1 aliphatic heterocycles. The van der Waals surface area contributed by atoms with Crippen LogP contribution in [0.25, 0.3) is 0 Å². The van der Waals surface area contributed by atoms with Crippen LogP contribution in [0.3, 0.4) is 0 Å². The van der Waals surface area contributed by atoms with E-state index in [9.17, 15) is 0 Å². The summed E-state index contributed by atoms with van der Waals surface area (Å²) in [6.07, 6.45) is 2.58. The smallest absolute Gasteiger partial charge is 0.159 e. The highest BCUT2D eigenvalue weighted by Gasteiger charge is 2.20. The monoisotopic (exact) mass is 345 g/mol. The fraction of sp³-hybridized carbons (Fsp3) is 0.238. The molecule has 132 valence electrons. The molecule has 0 spiro atoms. The van der Waals surface area contributed by atoms with Gasteiger partial charge in [0.2, 0.25) is 0 Å². The largest absolute Gasteiger partial charge is 0.393 e. The number of rotatable bonds is 3. The predicted octanol–water partition coefficient (Wildman–Crippen LogP) is 3.98. The van der Waals surface area contributed by atoms with Crippen molar-refractivity contribution in [3.05, 3.63) is 71.0 Å². The topological polar surface area (TPSA) is 67.1 Å². The van der Waals surface area contributed by atoms with E-state index in [1.807, 2.05) is 0 Å². The van der Waals surface area contributed by atoms with Gasteiger partial charge >= 0.3 is 0 Å². The summed E-state index contributed by atoms with van der Waals surface area (Å²) in [5, 5.41) is 3.38. The molecular weight excluding hydrogens is 322 g/mol. The van der Waals surface area contributed by atoms with Crippen LogP contribution in [0.5, 0.6) is 0 Å². The van der Waals surface area contributed by atoms with Crippen molar-refractivity contribution in [2.45, 2.75) is 26.8 Å². The molecule has 2 heterocycles. The third-order valence-corrected chi connectivity index (χ3v) is 4.94. The first-order valence-electron chi connectivity index (χ1n) is 8.88. The molecule has 0 saturated carbocycles. The molecule has 4 rings (SSSR count). The summed E-state index contributed by atoms with van der Waals surface area (Å²) in [5.74, 6) is 1.45. The zero-order chi connectivity index (χ0) is 18.1. The fourth-order valence-corrected chi connectivity index (χ4v) is 3.41. The predicted molar refractivity (Wildman–Crippen MR) is 107 cm³/mol. The number of nitrogens with two attached hydrogens (primary N) is 1. The Morgan fingerprint density at radius 1 is 1.04 bits per heavy atom. The van der Waals surface area contributed by atoms with Crippen molar-refractivity contribution in [1.29, 1.82) is 0 Å². The molecule has 0 fully saturated rings. The van der Waals surface area contributed by atoms with E-state index in [1.165, 1.54) is 16.7 Å². The van der Waals surface area contributed by atoms with E-state index in [4.69, 9.17) is 5.73 Å². The highest BCUT2D eigenvalue weighted by molar-refractivity contribution is 5.79. The average molecular weight is 345 g/mol. The maximum absolute atomic E-state index is 6.44. The minimum absolute atomic E-state index is 0.591. The maximum Gasteiger partial charge on any atom is 0.159 e. The first-order chi connectivity index (χ1) is 12.6. The first kappa shape index (κ1) is 16.4. The number of anilines is 4. The zero-order valence-corrected chi connectivity index (χ0v) is 15.2. The number of aromatic nitrogens is 2. The number of hydrogen-bond donors (Lipinski definition) is 2. The molecular formula is C21H23N5. The van der Waals surface area contributed by atoms with Gasteiger partial charge in [-0.05, 0) is 48.6 Å². The summed E-state index contributed by atoms with van der Waals surface area (Å²) in [5.41, 5.74) is 13.1. The molecule has 0 amide bonds. The highest BCUT2D eigenvalue weighted by Crippen LogP contribution is 2.32. The third kappa shape index (κ3) is 3.08. The molecule has 26 heavy (non-hydrogen) atoms. The van der Waals surface area contributed by atoms with Crippen LogP contribution in [0.15, 0.2) is 48.8 Å². The van der Waals surface area contributed by atoms with Crippen molar-refractivity contribution >= 4 is 23.0 Å². The quantitative estimate of drug-likeness (QED) is 0.751. The Balaban J connectivity index is 1.63. The molecule has 0 aliphatic carbocycles. The summed E-state index contributed by atoms with van der Waals surface area (Å²) in [7, 11) is 0. The lowest BCUT2D eigenvalue weighted by molar-refractivity contribution is 0.721. The summed E-state index contributed by atoms with van der Waals surface area (Å²) in [6, 6.07) is 14.8. The van der Waals surface area contributed by atoms with Crippen molar-refractivity contribution in [3.8, 4) is 0 Å². The third-order valence-electron chi connectivity index (χ3n) is 4.94. The van der Waals surface area contributed by atoms with E-state index in [0.717, 1.165) is 36.6 Å². The van der Waals surface area contributed by atoms with Gasteiger partial charge in [0.05, 0.1) is 0 Å². The van der Waals surface area contributed by atoms with Crippen LogP contribution in [0.4, 0.5) is 23.0 Å². The Hall–Kier alpha value is -3.08. The standard InChI is InChI=1S/C21H23N5/c1-14-7-8-15(2)18(11-14)25-20-19(22)21(24-13-23-20)26-10-9-16-5-3-4-6-17(16)12-26/h3-8,11,13H,9-10,12,22H2,1-2H3,(H,23,24,25). The average Bonchev–Trinajstić information content (AvgIpc) is 2.66. The Kier molecular flexibility index (Phi) is 4.21. The van der Waals surface area contributed by atoms with Gasteiger partial charge in [-0.25, -0.2) is 9.97 Å². The molecule has 3 N–H and O–H groups in total. The molecule has 0 bridgehead atoms. The Morgan fingerprint density at radius 3 is 2.69 bits per heavy atom. The van der Waals surface area contributed by atoms with Crippen LogP contribution in [0.2, 0.25) is 0 Å². The lowest BCUT2D eigenvalue weighted by Crippen LogP contribution is -2.31. The van der Waals surface area contributed by atoms with Crippen LogP contribution in [-0.4, -0.2) is 16.5 Å². The lowest BCUT2D eigenvalue weighted by Gasteiger charge is -2.30. The first-order valence-corrected chi connectivity index (χ1v) is 8.88. The Bertz CT molecular complexity index is 951. The van der Waals surface area contributed by atoms with Crippen LogP contribution in [0.1, 0.15) is 22.3 Å². The van der Waals surface area contributed by atoms with Gasteiger partial charge in [0.1, 0.15) is 12.0 Å². The van der Waals surface area contributed by atoms with Crippen LogP contribution >= 0.6 is 0 Å². The van der Waals surface area contributed by atoms with Crippen molar-refractivity contribution in [3.63, 3.8) is 0 Å². The number of hydrogen-bond acceptors (Lipinski definition) is 5. The van der Waals surface area contributed by atoms with E-state index in [1.54, 1.807) is 6.33 Å². The molecule has 1 aromatic heterocycles. The normalized spacial score (nSPS) is 13.4. The SMILES string of the molecule is Cc1ccc(C)c(Nc2ncnc(N3CCc4ccccc4C3)c2N)c1. The van der Waals surface area contributed by atoms with E-state index in [0.29, 0.717) is 11.5 Å². The van der Waals surface area contributed by atoms with E-state index in [-0.39, 0.29) is 0 Å². The second-order valence-electron chi connectivity index (χ2n) is 6.84. The number of benzene rings is 2. The van der Waals surface area contributed by atoms with Gasteiger partial charge in [-0.1, -0.05) is 36.4 Å². The number of nitrogen functional groups attached to an aromatic ring is 1. The molecule has 3 aromatic rings. The molecule has 2 aromatic carbocycles. The molecule has 5 nitrogen and oxygen atoms in total. The molecule has 5 heteroatoms. The molecule has 0 radical (unpaired) electrons. The molecule has 1 aliphatic rings. The zero-order valence-electron chi connectivity index (χ0n) is 15.2. The van der Waals surface area contributed by atoms with Crippen LogP contribution in [-0.2, 0) is 13.0 Å². The van der Waals surface area contributed by atoms with Crippen LogP contribution in [0, 0.1) is 13.8 Å². The Morgan fingerprint density at radius 2 is 1.85 bits per heavy atom. The fourth-order valence-electron chi connectivity index (χ4n) is 3.41. The van der Waals surface area contributed by atoms with Crippen molar-refractivity contribution in [1.82, 2.24) is 9.97 Å². The maximum atomic E-state index is 6.44. The van der Waals surface area contributed by atoms with E-state index >= 15 is 0 Å². The number of nitrogens with one attached hydrogen (secondary N) is 1. The van der Waals surface area contributed by atoms with Gasteiger partial charge in [0.25, 0.3) is 0 Å². The minimum atomic E-state index is 0.591. The second kappa shape index (κ2) is 6.67. The van der Waals surface area contributed by atoms with E-state index in [2.05, 4.69) is 76.5 Å². The summed E-state index contributed by atoms with van der Waals surface area (Å²) in [4.78, 5) is 11.1.